The number of amides is 1. The maximum absolute atomic E-state index is 13.2. The van der Waals surface area contributed by atoms with Crippen LogP contribution >= 0.6 is 0 Å². The average Bonchev–Trinajstić information content (AvgIpc) is 3.28. The molecule has 0 spiro atoms. The highest BCUT2D eigenvalue weighted by Gasteiger charge is 2.31. The summed E-state index contributed by atoms with van der Waals surface area (Å²) in [6.07, 6.45) is 3.53. The summed E-state index contributed by atoms with van der Waals surface area (Å²) < 4.78 is 0. The van der Waals surface area contributed by atoms with Crippen LogP contribution in [0.25, 0.3) is 10.9 Å². The fourth-order valence-corrected chi connectivity index (χ4v) is 3.70. The number of hydrogen-bond donors (Lipinski definition) is 1. The van der Waals surface area contributed by atoms with Gasteiger partial charge in [-0.05, 0) is 31.4 Å². The van der Waals surface area contributed by atoms with Crippen LogP contribution < -0.4 is 0 Å². The SMILES string of the molecule is Cc1ccc(C2CCCN2C(=O)c2c[nH]c3ccc([N+](=O)[O-])cc23)cc1. The number of nitrogens with zero attached hydrogens (tertiary/aromatic N) is 2. The Kier molecular flexibility index (Phi) is 3.95. The normalized spacial score (nSPS) is 17.0. The maximum Gasteiger partial charge on any atom is 0.270 e. The van der Waals surface area contributed by atoms with Crippen LogP contribution in [-0.4, -0.2) is 27.3 Å². The summed E-state index contributed by atoms with van der Waals surface area (Å²) in [5.41, 5.74) is 3.52. The molecule has 1 aliphatic rings. The standard InChI is InChI=1S/C20H19N3O3/c1-13-4-6-14(7-5-13)19-3-2-10-22(19)20(24)17-12-21-18-9-8-15(23(25)26)11-16(17)18/h4-9,11-12,19,21H,2-3,10H2,1H3. The minimum Gasteiger partial charge on any atom is -0.360 e. The Bertz CT molecular complexity index is 991. The number of H-pyrrole nitrogens is 1. The first kappa shape index (κ1) is 16.3. The quantitative estimate of drug-likeness (QED) is 0.563. The van der Waals surface area contributed by atoms with Crippen LogP contribution in [0.1, 0.15) is 40.4 Å². The molecule has 1 amide bonds. The molecule has 0 radical (unpaired) electrons. The number of nitrogens with one attached hydrogen (secondary N) is 1. The van der Waals surface area contributed by atoms with E-state index in [1.807, 2.05) is 11.8 Å². The lowest BCUT2D eigenvalue weighted by molar-refractivity contribution is -0.384. The van der Waals surface area contributed by atoms with Gasteiger partial charge in [-0.2, -0.15) is 0 Å². The number of likely N-dealkylation sites (tertiary alicyclic amines) is 1. The second-order valence-corrected chi connectivity index (χ2v) is 6.76. The molecule has 1 unspecified atom stereocenters. The van der Waals surface area contributed by atoms with Crippen molar-refractivity contribution in [3.63, 3.8) is 0 Å². The van der Waals surface area contributed by atoms with Crippen molar-refractivity contribution in [2.45, 2.75) is 25.8 Å². The number of rotatable bonds is 3. The molecule has 132 valence electrons. The van der Waals surface area contributed by atoms with Crippen molar-refractivity contribution < 1.29 is 9.72 Å². The highest BCUT2D eigenvalue weighted by molar-refractivity contribution is 6.07. The molecule has 1 aromatic heterocycles. The third-order valence-corrected chi connectivity index (χ3v) is 5.08. The van der Waals surface area contributed by atoms with Gasteiger partial charge < -0.3 is 9.88 Å². The van der Waals surface area contributed by atoms with Crippen molar-refractivity contribution in [2.75, 3.05) is 6.54 Å². The Hall–Kier alpha value is -3.15. The highest BCUT2D eigenvalue weighted by Crippen LogP contribution is 2.34. The van der Waals surface area contributed by atoms with Gasteiger partial charge in [0.2, 0.25) is 0 Å². The van der Waals surface area contributed by atoms with Crippen molar-refractivity contribution >= 4 is 22.5 Å². The lowest BCUT2D eigenvalue weighted by atomic mass is 10.0. The Morgan fingerprint density at radius 1 is 1.23 bits per heavy atom. The molecule has 26 heavy (non-hydrogen) atoms. The number of hydrogen-bond acceptors (Lipinski definition) is 3. The molecule has 2 aromatic carbocycles. The van der Waals surface area contributed by atoms with Crippen LogP contribution in [0.2, 0.25) is 0 Å². The van der Waals surface area contributed by atoms with E-state index in [-0.39, 0.29) is 17.6 Å². The minimum absolute atomic E-state index is 0.0114. The van der Waals surface area contributed by atoms with Gasteiger partial charge in [0.15, 0.2) is 0 Å². The molecule has 1 aliphatic heterocycles. The van der Waals surface area contributed by atoms with Crippen molar-refractivity contribution in [1.29, 1.82) is 0 Å². The van der Waals surface area contributed by atoms with Gasteiger partial charge in [-0.25, -0.2) is 0 Å². The zero-order valence-electron chi connectivity index (χ0n) is 14.4. The van der Waals surface area contributed by atoms with E-state index in [9.17, 15) is 14.9 Å². The molecule has 1 atom stereocenters. The van der Waals surface area contributed by atoms with Crippen LogP contribution in [0, 0.1) is 17.0 Å². The predicted octanol–water partition coefficient (Wildman–Crippen LogP) is 4.36. The van der Waals surface area contributed by atoms with Gasteiger partial charge in [-0.15, -0.1) is 0 Å². The van der Waals surface area contributed by atoms with Gasteiger partial charge in [-0.3, -0.25) is 14.9 Å². The van der Waals surface area contributed by atoms with Crippen molar-refractivity contribution in [2.24, 2.45) is 0 Å². The predicted molar refractivity (Wildman–Crippen MR) is 99.1 cm³/mol. The second kappa shape index (κ2) is 6.29. The second-order valence-electron chi connectivity index (χ2n) is 6.76. The fraction of sp³-hybridized carbons (Fsp3) is 0.250. The third kappa shape index (κ3) is 2.73. The van der Waals surface area contributed by atoms with E-state index in [0.29, 0.717) is 17.5 Å². The van der Waals surface area contributed by atoms with E-state index in [2.05, 4.69) is 29.2 Å². The smallest absolute Gasteiger partial charge is 0.270 e. The molecule has 1 N–H and O–H groups in total. The van der Waals surface area contributed by atoms with Gasteiger partial charge in [0.25, 0.3) is 11.6 Å². The summed E-state index contributed by atoms with van der Waals surface area (Å²) in [6.45, 7) is 2.74. The molecule has 3 aromatic rings. The summed E-state index contributed by atoms with van der Waals surface area (Å²) in [5, 5.41) is 11.7. The van der Waals surface area contributed by atoms with Gasteiger partial charge in [0, 0.05) is 35.8 Å². The lowest BCUT2D eigenvalue weighted by Gasteiger charge is -2.25. The third-order valence-electron chi connectivity index (χ3n) is 5.08. The molecule has 2 heterocycles. The highest BCUT2D eigenvalue weighted by atomic mass is 16.6. The van der Waals surface area contributed by atoms with E-state index >= 15 is 0 Å². The number of aryl methyl sites for hydroxylation is 1. The van der Waals surface area contributed by atoms with E-state index in [0.717, 1.165) is 23.9 Å². The molecule has 1 fully saturated rings. The number of carbonyl (C=O) groups is 1. The fourth-order valence-electron chi connectivity index (χ4n) is 3.70. The molecule has 6 heteroatoms. The lowest BCUT2D eigenvalue weighted by Crippen LogP contribution is -2.30. The number of nitro benzene ring substituents is 1. The summed E-state index contributed by atoms with van der Waals surface area (Å²) >= 11 is 0. The first-order chi connectivity index (χ1) is 12.5. The van der Waals surface area contributed by atoms with Gasteiger partial charge in [-0.1, -0.05) is 29.8 Å². The summed E-state index contributed by atoms with van der Waals surface area (Å²) in [7, 11) is 0. The van der Waals surface area contributed by atoms with E-state index in [1.165, 1.54) is 17.7 Å². The van der Waals surface area contributed by atoms with Crippen molar-refractivity contribution in [3.8, 4) is 0 Å². The molecule has 4 rings (SSSR count). The molecular weight excluding hydrogens is 330 g/mol. The monoisotopic (exact) mass is 349 g/mol. The summed E-state index contributed by atoms with van der Waals surface area (Å²) in [4.78, 5) is 28.8. The van der Waals surface area contributed by atoms with Crippen LogP contribution in [0.5, 0.6) is 0 Å². The molecular formula is C20H19N3O3. The van der Waals surface area contributed by atoms with Crippen molar-refractivity contribution in [3.05, 3.63) is 75.5 Å². The van der Waals surface area contributed by atoms with Crippen LogP contribution in [0.15, 0.2) is 48.7 Å². The minimum atomic E-state index is -0.439. The number of aromatic nitrogens is 1. The van der Waals surface area contributed by atoms with Gasteiger partial charge in [0.05, 0.1) is 16.5 Å². The van der Waals surface area contributed by atoms with E-state index < -0.39 is 4.92 Å². The maximum atomic E-state index is 13.2. The van der Waals surface area contributed by atoms with E-state index in [1.54, 1.807) is 12.3 Å². The Morgan fingerprint density at radius 2 is 2.00 bits per heavy atom. The van der Waals surface area contributed by atoms with Crippen LogP contribution in [0.3, 0.4) is 0 Å². The van der Waals surface area contributed by atoms with E-state index in [4.69, 9.17) is 0 Å². The number of nitro groups is 1. The number of non-ortho nitro benzene ring substituents is 1. The first-order valence-corrected chi connectivity index (χ1v) is 8.67. The van der Waals surface area contributed by atoms with Crippen LogP contribution in [-0.2, 0) is 0 Å². The molecule has 0 bridgehead atoms. The Labute approximate surface area is 150 Å². The Morgan fingerprint density at radius 3 is 2.73 bits per heavy atom. The summed E-state index contributed by atoms with van der Waals surface area (Å²) in [6, 6.07) is 12.9. The molecule has 1 saturated heterocycles. The number of benzene rings is 2. The molecule has 6 nitrogen and oxygen atoms in total. The molecule has 0 saturated carbocycles. The first-order valence-electron chi connectivity index (χ1n) is 8.67. The zero-order chi connectivity index (χ0) is 18.3. The zero-order valence-corrected chi connectivity index (χ0v) is 14.4. The average molecular weight is 349 g/mol. The topological polar surface area (TPSA) is 79.2 Å². The number of carbonyl (C=O) groups excluding carboxylic acids is 1. The number of fused-ring (bicyclic) bond motifs is 1. The summed E-state index contributed by atoms with van der Waals surface area (Å²) in [5.74, 6) is -0.0835. The van der Waals surface area contributed by atoms with Crippen molar-refractivity contribution in [1.82, 2.24) is 9.88 Å². The van der Waals surface area contributed by atoms with Gasteiger partial charge in [0.1, 0.15) is 0 Å². The Balaban J connectivity index is 1.70. The largest absolute Gasteiger partial charge is 0.360 e. The van der Waals surface area contributed by atoms with Gasteiger partial charge >= 0.3 is 0 Å². The molecule has 0 aliphatic carbocycles. The number of aromatic amines is 1. The van der Waals surface area contributed by atoms with Crippen LogP contribution in [0.4, 0.5) is 5.69 Å².